The Balaban J connectivity index is 1.75. The molecule has 104 valence electrons. The Kier molecular flexibility index (Phi) is 4.60. The molecule has 4 heteroatoms. The molecule has 0 aliphatic rings. The van der Waals surface area contributed by atoms with Crippen LogP contribution in [0.5, 0.6) is 11.5 Å². The van der Waals surface area contributed by atoms with Crippen LogP contribution in [0.2, 0.25) is 0 Å². The summed E-state index contributed by atoms with van der Waals surface area (Å²) in [7, 11) is 0. The first kappa shape index (κ1) is 13.9. The molecule has 2 N–H and O–H groups in total. The number of carbonyl (C=O) groups excluding carboxylic acids is 1. The molecule has 0 aromatic heterocycles. The quantitative estimate of drug-likeness (QED) is 0.821. The topological polar surface area (TPSA) is 58.6 Å². The molecular weight excluding hydrogens is 254 g/mol. The summed E-state index contributed by atoms with van der Waals surface area (Å²) in [6, 6.07) is 14.0. The highest BCUT2D eigenvalue weighted by molar-refractivity contribution is 5.90. The van der Waals surface area contributed by atoms with Gasteiger partial charge in [-0.3, -0.25) is 4.79 Å². The number of nitrogens with one attached hydrogen (secondary N) is 1. The highest BCUT2D eigenvalue weighted by Gasteiger charge is 2.03. The average Bonchev–Trinajstić information content (AvgIpc) is 2.44. The minimum absolute atomic E-state index is 0.122. The first-order valence-corrected chi connectivity index (χ1v) is 6.42. The molecule has 2 rings (SSSR count). The molecule has 0 atom stereocenters. The number of ether oxygens (including phenoxy) is 1. The van der Waals surface area contributed by atoms with E-state index >= 15 is 0 Å². The summed E-state index contributed by atoms with van der Waals surface area (Å²) in [5.41, 5.74) is 1.82. The van der Waals surface area contributed by atoms with Crippen molar-refractivity contribution in [3.63, 3.8) is 0 Å². The fourth-order valence-corrected chi connectivity index (χ4v) is 1.66. The Hall–Kier alpha value is -2.49. The number of phenolic OH excluding ortho intramolecular Hbond substituents is 1. The van der Waals surface area contributed by atoms with Crippen molar-refractivity contribution in [2.24, 2.45) is 0 Å². The predicted octanol–water partition coefficient (Wildman–Crippen LogP) is 3.11. The third-order valence-electron chi connectivity index (χ3n) is 2.77. The second kappa shape index (κ2) is 6.61. The molecule has 0 fully saturated rings. The Morgan fingerprint density at radius 1 is 1.10 bits per heavy atom. The van der Waals surface area contributed by atoms with Gasteiger partial charge in [-0.1, -0.05) is 17.7 Å². The zero-order valence-electron chi connectivity index (χ0n) is 11.3. The standard InChI is InChI=1S/C16H17NO3/c1-12-2-8-15(9-3-12)20-11-10-16(19)17-13-4-6-14(18)7-5-13/h2-9,18H,10-11H2,1H3,(H,17,19). The molecule has 2 aromatic rings. The molecule has 0 aliphatic heterocycles. The zero-order chi connectivity index (χ0) is 14.4. The van der Waals surface area contributed by atoms with E-state index in [4.69, 9.17) is 9.84 Å². The number of aromatic hydroxyl groups is 1. The van der Waals surface area contributed by atoms with Crippen molar-refractivity contribution >= 4 is 11.6 Å². The Morgan fingerprint density at radius 2 is 1.75 bits per heavy atom. The molecule has 4 nitrogen and oxygen atoms in total. The Morgan fingerprint density at radius 3 is 2.40 bits per heavy atom. The van der Waals surface area contributed by atoms with Crippen LogP contribution in [0.3, 0.4) is 0 Å². The van der Waals surface area contributed by atoms with Crippen molar-refractivity contribution in [1.29, 1.82) is 0 Å². The molecule has 0 unspecified atom stereocenters. The minimum atomic E-state index is -0.122. The number of benzene rings is 2. The van der Waals surface area contributed by atoms with Gasteiger partial charge in [0.05, 0.1) is 13.0 Å². The second-order valence-electron chi connectivity index (χ2n) is 4.51. The molecule has 0 bridgehead atoms. The van der Waals surface area contributed by atoms with E-state index in [-0.39, 0.29) is 18.1 Å². The van der Waals surface area contributed by atoms with E-state index in [0.717, 1.165) is 5.75 Å². The third kappa shape index (κ3) is 4.31. The fraction of sp³-hybridized carbons (Fsp3) is 0.188. The first-order chi connectivity index (χ1) is 9.63. The highest BCUT2D eigenvalue weighted by atomic mass is 16.5. The lowest BCUT2D eigenvalue weighted by molar-refractivity contribution is -0.116. The van der Waals surface area contributed by atoms with E-state index in [1.165, 1.54) is 17.7 Å². The maximum Gasteiger partial charge on any atom is 0.227 e. The van der Waals surface area contributed by atoms with Gasteiger partial charge in [0.2, 0.25) is 5.91 Å². The molecule has 1 amide bonds. The minimum Gasteiger partial charge on any atom is -0.508 e. The van der Waals surface area contributed by atoms with Crippen LogP contribution in [0, 0.1) is 6.92 Å². The number of carbonyl (C=O) groups is 1. The number of rotatable bonds is 5. The molecular formula is C16H17NO3. The predicted molar refractivity (Wildman–Crippen MR) is 78.0 cm³/mol. The lowest BCUT2D eigenvalue weighted by Crippen LogP contribution is -2.15. The fourth-order valence-electron chi connectivity index (χ4n) is 1.66. The van der Waals surface area contributed by atoms with Gasteiger partial charge < -0.3 is 15.2 Å². The number of hydrogen-bond acceptors (Lipinski definition) is 3. The highest BCUT2D eigenvalue weighted by Crippen LogP contribution is 2.14. The van der Waals surface area contributed by atoms with Crippen LogP contribution in [0.1, 0.15) is 12.0 Å². The number of amides is 1. The van der Waals surface area contributed by atoms with E-state index in [2.05, 4.69) is 5.32 Å². The summed E-state index contributed by atoms with van der Waals surface area (Å²) < 4.78 is 5.49. The van der Waals surface area contributed by atoms with Gasteiger partial charge in [-0.2, -0.15) is 0 Å². The summed E-state index contributed by atoms with van der Waals surface area (Å²) in [6.07, 6.45) is 0.273. The summed E-state index contributed by atoms with van der Waals surface area (Å²) in [6.45, 7) is 2.34. The van der Waals surface area contributed by atoms with Crippen molar-refractivity contribution in [2.45, 2.75) is 13.3 Å². The van der Waals surface area contributed by atoms with Crippen LogP contribution >= 0.6 is 0 Å². The number of aryl methyl sites for hydroxylation is 1. The van der Waals surface area contributed by atoms with Crippen molar-refractivity contribution in [2.75, 3.05) is 11.9 Å². The maximum atomic E-state index is 11.7. The van der Waals surface area contributed by atoms with Crippen molar-refractivity contribution in [1.82, 2.24) is 0 Å². The summed E-state index contributed by atoms with van der Waals surface area (Å²) in [4.78, 5) is 11.7. The molecule has 0 spiro atoms. The van der Waals surface area contributed by atoms with E-state index in [1.54, 1.807) is 12.1 Å². The molecule has 2 aromatic carbocycles. The molecule has 0 saturated heterocycles. The van der Waals surface area contributed by atoms with Crippen LogP contribution in [-0.4, -0.2) is 17.6 Å². The first-order valence-electron chi connectivity index (χ1n) is 6.42. The Bertz CT molecular complexity index is 561. The normalized spacial score (nSPS) is 10.1. The van der Waals surface area contributed by atoms with Crippen LogP contribution < -0.4 is 10.1 Å². The van der Waals surface area contributed by atoms with Crippen molar-refractivity contribution < 1.29 is 14.6 Å². The van der Waals surface area contributed by atoms with Crippen LogP contribution in [-0.2, 0) is 4.79 Å². The third-order valence-corrected chi connectivity index (χ3v) is 2.77. The van der Waals surface area contributed by atoms with Gasteiger partial charge in [0.25, 0.3) is 0 Å². The molecule has 0 radical (unpaired) electrons. The van der Waals surface area contributed by atoms with E-state index in [9.17, 15) is 4.79 Å². The molecule has 20 heavy (non-hydrogen) atoms. The van der Waals surface area contributed by atoms with Gasteiger partial charge in [0.15, 0.2) is 0 Å². The van der Waals surface area contributed by atoms with E-state index in [1.807, 2.05) is 31.2 Å². The van der Waals surface area contributed by atoms with Gasteiger partial charge in [0.1, 0.15) is 11.5 Å². The van der Waals surface area contributed by atoms with Crippen molar-refractivity contribution in [3.05, 3.63) is 54.1 Å². The van der Waals surface area contributed by atoms with Crippen LogP contribution in [0.15, 0.2) is 48.5 Å². The number of hydrogen-bond donors (Lipinski definition) is 2. The smallest absolute Gasteiger partial charge is 0.227 e. The number of anilines is 1. The van der Waals surface area contributed by atoms with Gasteiger partial charge in [-0.15, -0.1) is 0 Å². The van der Waals surface area contributed by atoms with Crippen LogP contribution in [0.25, 0.3) is 0 Å². The summed E-state index contributed by atoms with van der Waals surface area (Å²) >= 11 is 0. The maximum absolute atomic E-state index is 11.7. The zero-order valence-corrected chi connectivity index (χ0v) is 11.3. The van der Waals surface area contributed by atoms with Gasteiger partial charge in [-0.25, -0.2) is 0 Å². The van der Waals surface area contributed by atoms with Crippen LogP contribution in [0.4, 0.5) is 5.69 Å². The second-order valence-corrected chi connectivity index (χ2v) is 4.51. The summed E-state index contributed by atoms with van der Waals surface area (Å²) in [5.74, 6) is 0.807. The van der Waals surface area contributed by atoms with Gasteiger partial charge in [-0.05, 0) is 43.3 Å². The lowest BCUT2D eigenvalue weighted by atomic mass is 10.2. The van der Waals surface area contributed by atoms with Gasteiger partial charge in [0, 0.05) is 5.69 Å². The van der Waals surface area contributed by atoms with Crippen molar-refractivity contribution in [3.8, 4) is 11.5 Å². The van der Waals surface area contributed by atoms with E-state index < -0.39 is 0 Å². The number of phenols is 1. The average molecular weight is 271 g/mol. The largest absolute Gasteiger partial charge is 0.508 e. The molecule has 0 aliphatic carbocycles. The lowest BCUT2D eigenvalue weighted by Gasteiger charge is -2.07. The molecule has 0 heterocycles. The Labute approximate surface area is 118 Å². The van der Waals surface area contributed by atoms with E-state index in [0.29, 0.717) is 12.3 Å². The molecule has 0 saturated carbocycles. The van der Waals surface area contributed by atoms with Gasteiger partial charge >= 0.3 is 0 Å². The summed E-state index contributed by atoms with van der Waals surface area (Å²) in [5, 5.41) is 11.9. The SMILES string of the molecule is Cc1ccc(OCCC(=O)Nc2ccc(O)cc2)cc1. The monoisotopic (exact) mass is 271 g/mol.